The van der Waals surface area contributed by atoms with Crippen LogP contribution in [0.3, 0.4) is 0 Å². The minimum atomic E-state index is -4.83. The number of aliphatic hydroxyl groups is 1. The summed E-state index contributed by atoms with van der Waals surface area (Å²) in [6, 6.07) is 20.8. The topological polar surface area (TPSA) is 63.3 Å². The third-order valence-corrected chi connectivity index (χ3v) is 11.1. The number of ketones is 1. The van der Waals surface area contributed by atoms with Crippen molar-refractivity contribution in [3.63, 3.8) is 0 Å². The van der Waals surface area contributed by atoms with Gasteiger partial charge >= 0.3 is 6.18 Å². The summed E-state index contributed by atoms with van der Waals surface area (Å²) in [5, 5.41) is 12.1. The van der Waals surface area contributed by atoms with Gasteiger partial charge in [-0.3, -0.25) is 9.78 Å². The van der Waals surface area contributed by atoms with Crippen molar-refractivity contribution < 1.29 is 54.4 Å². The summed E-state index contributed by atoms with van der Waals surface area (Å²) in [5.74, 6) is 1.01. The summed E-state index contributed by atoms with van der Waals surface area (Å²) in [4.78, 5) is 16.3. The van der Waals surface area contributed by atoms with Crippen LogP contribution >= 0.6 is 0 Å². The zero-order valence-corrected chi connectivity index (χ0v) is 35.6. The van der Waals surface area contributed by atoms with Gasteiger partial charge in [-0.05, 0) is 75.4 Å². The minimum Gasteiger partial charge on any atom is -0.512 e. The Balaban J connectivity index is 0.000000439. The number of alkyl halides is 3. The molecule has 56 heavy (non-hydrogen) atoms. The predicted molar refractivity (Wildman–Crippen MR) is 219 cm³/mol. The fourth-order valence-corrected chi connectivity index (χ4v) is 7.46. The molecule has 2 aromatic heterocycles. The fraction of sp³-hybridized carbons (Fsp3) is 0.458. The second kappa shape index (κ2) is 19.6. The van der Waals surface area contributed by atoms with Crippen molar-refractivity contribution >= 4 is 27.5 Å². The van der Waals surface area contributed by atoms with Crippen molar-refractivity contribution in [2.45, 2.75) is 125 Å². The van der Waals surface area contributed by atoms with Gasteiger partial charge in [-0.2, -0.15) is 13.2 Å². The summed E-state index contributed by atoms with van der Waals surface area (Å²) in [5.41, 5.74) is -0.0455. The minimum absolute atomic E-state index is 0. The van der Waals surface area contributed by atoms with E-state index in [0.29, 0.717) is 17.2 Å². The Morgan fingerprint density at radius 1 is 0.964 bits per heavy atom. The SMILES string of the molecule is CCC(CC)C(=O)/C=C(\O)C(CC)CC.[2H]C([2H])([2H])c1c(-c2ccnc(-c3[c-]c4ccccc4c(C4CCCCC4)c3)c2)oc2cc(C([2H])([2H])C(C)(C)C(F)(F)F)ccc12.[Ir]. The smallest absolute Gasteiger partial charge is 0.394 e. The largest absolute Gasteiger partial charge is 0.512 e. The maximum absolute atomic E-state index is 13.8. The molecule has 1 aliphatic rings. The van der Waals surface area contributed by atoms with E-state index in [-0.39, 0.29) is 71.3 Å². The van der Waals surface area contributed by atoms with E-state index in [0.717, 1.165) is 68.7 Å². The molecule has 1 radical (unpaired) electrons. The number of aromatic nitrogens is 1. The molecule has 1 fully saturated rings. The molecule has 303 valence electrons. The number of carbonyl (C=O) groups excluding carboxylic acids is 1. The zero-order valence-electron chi connectivity index (χ0n) is 38.2. The maximum Gasteiger partial charge on any atom is 0.394 e. The van der Waals surface area contributed by atoms with E-state index in [2.05, 4.69) is 23.2 Å². The molecule has 0 atom stereocenters. The Morgan fingerprint density at radius 2 is 1.64 bits per heavy atom. The molecule has 0 aliphatic heterocycles. The van der Waals surface area contributed by atoms with Crippen LogP contribution in [-0.4, -0.2) is 22.1 Å². The third-order valence-electron chi connectivity index (χ3n) is 11.1. The molecule has 0 spiro atoms. The molecule has 1 aliphatic carbocycles. The first-order valence-electron chi connectivity index (χ1n) is 22.2. The molecule has 4 nitrogen and oxygen atoms in total. The van der Waals surface area contributed by atoms with Gasteiger partial charge in [0.15, 0.2) is 5.78 Å². The van der Waals surface area contributed by atoms with Crippen LogP contribution in [0.1, 0.15) is 129 Å². The van der Waals surface area contributed by atoms with Crippen LogP contribution in [0.15, 0.2) is 83.1 Å². The molecular weight excluding hydrogens is 888 g/mol. The molecule has 0 bridgehead atoms. The molecule has 1 N–H and O–H groups in total. The average molecular weight is 950 g/mol. The van der Waals surface area contributed by atoms with Crippen molar-refractivity contribution in [2.75, 3.05) is 0 Å². The Hall–Kier alpha value is -3.74. The van der Waals surface area contributed by atoms with E-state index in [1.807, 2.05) is 45.9 Å². The number of fused-ring (bicyclic) bond motifs is 2. The van der Waals surface area contributed by atoms with Crippen molar-refractivity contribution in [3.05, 3.63) is 101 Å². The van der Waals surface area contributed by atoms with E-state index < -0.39 is 24.8 Å². The third kappa shape index (κ3) is 10.4. The molecule has 2 heterocycles. The van der Waals surface area contributed by atoms with Crippen LogP contribution in [0.4, 0.5) is 13.2 Å². The second-order valence-electron chi connectivity index (χ2n) is 15.2. The number of hydrogen-bond donors (Lipinski definition) is 1. The molecule has 5 aromatic rings. The summed E-state index contributed by atoms with van der Waals surface area (Å²) in [7, 11) is 0. The van der Waals surface area contributed by atoms with Gasteiger partial charge in [-0.25, -0.2) is 0 Å². The van der Waals surface area contributed by atoms with Crippen LogP contribution in [0.25, 0.3) is 44.3 Å². The van der Waals surface area contributed by atoms with Gasteiger partial charge in [-0.15, -0.1) is 29.1 Å². The molecule has 0 saturated heterocycles. The van der Waals surface area contributed by atoms with E-state index in [9.17, 15) is 23.1 Å². The van der Waals surface area contributed by atoms with E-state index in [1.165, 1.54) is 49.1 Å². The quantitative estimate of drug-likeness (QED) is 0.0769. The van der Waals surface area contributed by atoms with Crippen molar-refractivity contribution in [1.82, 2.24) is 4.98 Å². The number of benzene rings is 3. The van der Waals surface area contributed by atoms with E-state index in [1.54, 1.807) is 18.3 Å². The number of hydrogen-bond acceptors (Lipinski definition) is 4. The number of aryl methyl sites for hydroxylation is 1. The van der Waals surface area contributed by atoms with Crippen LogP contribution in [-0.2, 0) is 31.3 Å². The number of halogens is 3. The van der Waals surface area contributed by atoms with Gasteiger partial charge in [0.1, 0.15) is 11.3 Å². The molecule has 3 aromatic carbocycles. The summed E-state index contributed by atoms with van der Waals surface area (Å²) in [6.45, 7) is 7.06. The summed E-state index contributed by atoms with van der Waals surface area (Å²) >= 11 is 0. The number of rotatable bonds is 12. The Bertz CT molecular complexity index is 2300. The van der Waals surface area contributed by atoms with Crippen LogP contribution in [0.2, 0.25) is 0 Å². The predicted octanol–water partition coefficient (Wildman–Crippen LogP) is 14.5. The van der Waals surface area contributed by atoms with Gasteiger partial charge in [0.25, 0.3) is 0 Å². The van der Waals surface area contributed by atoms with Crippen LogP contribution < -0.4 is 0 Å². The average Bonchev–Trinajstić information content (AvgIpc) is 3.62. The Kier molecular flexibility index (Phi) is 13.2. The van der Waals surface area contributed by atoms with Gasteiger partial charge in [-0.1, -0.05) is 108 Å². The van der Waals surface area contributed by atoms with E-state index >= 15 is 0 Å². The summed E-state index contributed by atoms with van der Waals surface area (Å²) in [6.07, 6.45) is 4.65. The number of pyridine rings is 1. The van der Waals surface area contributed by atoms with Gasteiger partial charge in [0, 0.05) is 73.3 Å². The van der Waals surface area contributed by atoms with Crippen LogP contribution in [0, 0.1) is 30.2 Å². The first-order chi connectivity index (χ1) is 28.2. The van der Waals surface area contributed by atoms with Crippen molar-refractivity contribution in [2.24, 2.45) is 17.3 Å². The summed E-state index contributed by atoms with van der Waals surface area (Å²) < 4.78 is 89.2. The number of carbonyl (C=O) groups is 1. The Morgan fingerprint density at radius 3 is 2.29 bits per heavy atom. The van der Waals surface area contributed by atoms with Gasteiger partial charge in [0.05, 0.1) is 11.2 Å². The molecule has 8 heteroatoms. The molecule has 6 rings (SSSR count). The number of aliphatic hydroxyl groups excluding tert-OH is 1. The van der Waals surface area contributed by atoms with Crippen molar-refractivity contribution in [1.29, 1.82) is 0 Å². The number of nitrogens with zero attached hydrogens (tertiary/aromatic N) is 1. The normalized spacial score (nSPS) is 16.1. The number of furan rings is 1. The van der Waals surface area contributed by atoms with Gasteiger partial charge < -0.3 is 9.52 Å². The fourth-order valence-electron chi connectivity index (χ4n) is 7.46. The second-order valence-corrected chi connectivity index (χ2v) is 15.2. The Labute approximate surface area is 351 Å². The molecular formula is C48H57F3IrNO3-. The van der Waals surface area contributed by atoms with Crippen molar-refractivity contribution in [3.8, 4) is 22.6 Å². The molecule has 0 amide bonds. The standard InChI is InChI=1S/C35H33F3NO.C13H24O2.Ir/c1-22-28-14-13-23(21-34(2,3)35(36,37)38)17-32(28)40-33(22)26-15-16-39-31(20-26)27-18-25-11-7-8-12-29(25)30(19-27)24-9-5-4-6-10-24;1-5-10(6-2)12(14)9-13(15)11(7-3)8-4;/h7-8,11-17,19-20,24H,4-6,9-10,21H2,1-3H3;9-11,14H,5-8H2,1-4H3;/q-1;;/b;12-9-;/i1D3,21D2;;. The van der Waals surface area contributed by atoms with Gasteiger partial charge in [0.2, 0.25) is 0 Å². The first kappa shape index (κ1) is 37.8. The van der Waals surface area contributed by atoms with Crippen LogP contribution in [0.5, 0.6) is 0 Å². The zero-order chi connectivity index (χ0) is 44.2. The number of allylic oxidation sites excluding steroid dienone is 2. The van der Waals surface area contributed by atoms with E-state index in [4.69, 9.17) is 11.3 Å². The molecule has 0 unspecified atom stereocenters. The maximum atomic E-state index is 13.8. The monoisotopic (exact) mass is 950 g/mol. The molecule has 1 saturated carbocycles. The first-order valence-corrected chi connectivity index (χ1v) is 19.7.